The van der Waals surface area contributed by atoms with Crippen molar-refractivity contribution in [2.75, 3.05) is 13.7 Å². The first-order chi connectivity index (χ1) is 9.79. The monoisotopic (exact) mass is 270 g/mol. The molecule has 0 saturated carbocycles. The van der Waals surface area contributed by atoms with Crippen molar-refractivity contribution in [2.24, 2.45) is 0 Å². The van der Waals surface area contributed by atoms with Crippen LogP contribution in [0.15, 0.2) is 48.5 Å². The third kappa shape index (κ3) is 4.35. The van der Waals surface area contributed by atoms with Crippen molar-refractivity contribution in [3.05, 3.63) is 59.8 Å². The molecule has 0 radical (unpaired) electrons. The summed E-state index contributed by atoms with van der Waals surface area (Å²) in [6.07, 6.45) is 1.12. The molecule has 0 aliphatic carbocycles. The average molecular weight is 270 g/mol. The molecule has 1 unspecified atom stereocenters. The smallest absolute Gasteiger partial charge is 0.213 e. The standard InChI is InChI=1S/C17H22N2O/c1-14(15-7-4-3-5-8-15)11-12-18-13-16-9-6-10-17(19-16)20-2/h3-10,14,18H,11-13H2,1-2H3. The summed E-state index contributed by atoms with van der Waals surface area (Å²) in [5, 5.41) is 3.44. The van der Waals surface area contributed by atoms with E-state index in [1.807, 2.05) is 18.2 Å². The molecule has 0 bridgehead atoms. The SMILES string of the molecule is COc1cccc(CNCCC(C)c2ccccc2)n1. The van der Waals surface area contributed by atoms with E-state index in [-0.39, 0.29) is 0 Å². The van der Waals surface area contributed by atoms with Crippen molar-refractivity contribution in [1.29, 1.82) is 0 Å². The maximum atomic E-state index is 5.12. The van der Waals surface area contributed by atoms with Crippen LogP contribution < -0.4 is 10.1 Å². The Morgan fingerprint density at radius 1 is 1.10 bits per heavy atom. The number of nitrogens with zero attached hydrogens (tertiary/aromatic N) is 1. The van der Waals surface area contributed by atoms with Crippen molar-refractivity contribution < 1.29 is 4.74 Å². The minimum atomic E-state index is 0.571. The molecule has 1 heterocycles. The van der Waals surface area contributed by atoms with E-state index >= 15 is 0 Å². The van der Waals surface area contributed by atoms with Gasteiger partial charge in [-0.15, -0.1) is 0 Å². The summed E-state index contributed by atoms with van der Waals surface area (Å²) in [7, 11) is 1.64. The van der Waals surface area contributed by atoms with E-state index in [1.54, 1.807) is 7.11 Å². The maximum absolute atomic E-state index is 5.12. The number of hydrogen-bond acceptors (Lipinski definition) is 3. The van der Waals surface area contributed by atoms with E-state index in [1.165, 1.54) is 5.56 Å². The van der Waals surface area contributed by atoms with Crippen molar-refractivity contribution in [3.8, 4) is 5.88 Å². The molecule has 0 saturated heterocycles. The highest BCUT2D eigenvalue weighted by atomic mass is 16.5. The van der Waals surface area contributed by atoms with Crippen LogP contribution in [-0.2, 0) is 6.54 Å². The van der Waals surface area contributed by atoms with Crippen LogP contribution in [0.2, 0.25) is 0 Å². The summed E-state index contributed by atoms with van der Waals surface area (Å²) in [5.74, 6) is 1.24. The molecular weight excluding hydrogens is 248 g/mol. The lowest BCUT2D eigenvalue weighted by molar-refractivity contribution is 0.395. The van der Waals surface area contributed by atoms with E-state index in [2.05, 4.69) is 47.6 Å². The highest BCUT2D eigenvalue weighted by Crippen LogP contribution is 2.17. The number of ether oxygens (including phenoxy) is 1. The Morgan fingerprint density at radius 3 is 2.65 bits per heavy atom. The lowest BCUT2D eigenvalue weighted by atomic mass is 9.98. The highest BCUT2D eigenvalue weighted by molar-refractivity contribution is 5.18. The molecule has 2 aromatic rings. The molecule has 1 atom stereocenters. The van der Waals surface area contributed by atoms with Crippen LogP contribution in [0.5, 0.6) is 5.88 Å². The Balaban J connectivity index is 1.73. The van der Waals surface area contributed by atoms with Gasteiger partial charge in [-0.1, -0.05) is 43.3 Å². The quantitative estimate of drug-likeness (QED) is 0.783. The molecule has 0 spiro atoms. The van der Waals surface area contributed by atoms with Gasteiger partial charge < -0.3 is 10.1 Å². The van der Waals surface area contributed by atoms with Crippen molar-refractivity contribution in [2.45, 2.75) is 25.8 Å². The number of nitrogens with one attached hydrogen (secondary N) is 1. The fraction of sp³-hybridized carbons (Fsp3) is 0.353. The minimum Gasteiger partial charge on any atom is -0.481 e. The number of pyridine rings is 1. The predicted octanol–water partition coefficient (Wildman–Crippen LogP) is 3.37. The lowest BCUT2D eigenvalue weighted by Gasteiger charge is -2.12. The third-order valence-electron chi connectivity index (χ3n) is 3.42. The van der Waals surface area contributed by atoms with E-state index < -0.39 is 0 Å². The Kier molecular flexibility index (Phi) is 5.56. The molecule has 0 fully saturated rings. The normalized spacial score (nSPS) is 12.1. The zero-order valence-corrected chi connectivity index (χ0v) is 12.2. The number of benzene rings is 1. The maximum Gasteiger partial charge on any atom is 0.213 e. The Bertz CT molecular complexity index is 513. The summed E-state index contributed by atoms with van der Waals surface area (Å²) < 4.78 is 5.12. The van der Waals surface area contributed by atoms with Crippen LogP contribution in [-0.4, -0.2) is 18.6 Å². The zero-order valence-electron chi connectivity index (χ0n) is 12.2. The molecule has 1 aromatic carbocycles. The fourth-order valence-electron chi connectivity index (χ4n) is 2.15. The van der Waals surface area contributed by atoms with Gasteiger partial charge in [0.15, 0.2) is 0 Å². The van der Waals surface area contributed by atoms with E-state index in [0.29, 0.717) is 11.8 Å². The van der Waals surface area contributed by atoms with Crippen LogP contribution in [0.3, 0.4) is 0 Å². The van der Waals surface area contributed by atoms with Gasteiger partial charge in [-0.05, 0) is 30.5 Å². The molecule has 3 heteroatoms. The molecule has 2 rings (SSSR count). The van der Waals surface area contributed by atoms with Gasteiger partial charge in [0.25, 0.3) is 0 Å². The molecule has 106 valence electrons. The first-order valence-corrected chi connectivity index (χ1v) is 7.05. The van der Waals surface area contributed by atoms with Crippen LogP contribution in [0.1, 0.15) is 30.5 Å². The molecule has 3 nitrogen and oxygen atoms in total. The molecular formula is C17H22N2O. The summed E-state index contributed by atoms with van der Waals surface area (Å²) in [6.45, 7) is 4.02. The Hall–Kier alpha value is -1.87. The fourth-order valence-corrected chi connectivity index (χ4v) is 2.15. The molecule has 0 aliphatic rings. The van der Waals surface area contributed by atoms with Gasteiger partial charge in [-0.3, -0.25) is 0 Å². The third-order valence-corrected chi connectivity index (χ3v) is 3.42. The number of aromatic nitrogens is 1. The first kappa shape index (κ1) is 14.5. The van der Waals surface area contributed by atoms with Crippen molar-refractivity contribution in [3.63, 3.8) is 0 Å². The molecule has 0 amide bonds. The van der Waals surface area contributed by atoms with E-state index in [0.717, 1.165) is 25.2 Å². The van der Waals surface area contributed by atoms with E-state index in [9.17, 15) is 0 Å². The first-order valence-electron chi connectivity index (χ1n) is 7.05. The van der Waals surface area contributed by atoms with E-state index in [4.69, 9.17) is 4.74 Å². The molecule has 1 aromatic heterocycles. The number of hydrogen-bond donors (Lipinski definition) is 1. The summed E-state index contributed by atoms with van der Waals surface area (Å²) in [6, 6.07) is 16.5. The Morgan fingerprint density at radius 2 is 1.90 bits per heavy atom. The Labute approximate surface area is 121 Å². The van der Waals surface area contributed by atoms with Gasteiger partial charge in [0.05, 0.1) is 12.8 Å². The topological polar surface area (TPSA) is 34.1 Å². The second-order valence-corrected chi connectivity index (χ2v) is 4.95. The number of methoxy groups -OCH3 is 1. The zero-order chi connectivity index (χ0) is 14.2. The summed E-state index contributed by atoms with van der Waals surface area (Å²) in [5.41, 5.74) is 2.41. The van der Waals surface area contributed by atoms with Crippen LogP contribution in [0.25, 0.3) is 0 Å². The van der Waals surface area contributed by atoms with Gasteiger partial charge in [0.1, 0.15) is 0 Å². The summed E-state index contributed by atoms with van der Waals surface area (Å²) in [4.78, 5) is 4.38. The van der Waals surface area contributed by atoms with Gasteiger partial charge >= 0.3 is 0 Å². The number of rotatable bonds is 7. The molecule has 20 heavy (non-hydrogen) atoms. The van der Waals surface area contributed by atoms with Gasteiger partial charge in [-0.2, -0.15) is 0 Å². The van der Waals surface area contributed by atoms with Crippen molar-refractivity contribution >= 4 is 0 Å². The highest BCUT2D eigenvalue weighted by Gasteiger charge is 2.04. The minimum absolute atomic E-state index is 0.571. The van der Waals surface area contributed by atoms with Gasteiger partial charge in [-0.25, -0.2) is 4.98 Å². The van der Waals surface area contributed by atoms with Crippen LogP contribution in [0.4, 0.5) is 0 Å². The van der Waals surface area contributed by atoms with Crippen LogP contribution in [0, 0.1) is 0 Å². The average Bonchev–Trinajstić information content (AvgIpc) is 2.52. The van der Waals surface area contributed by atoms with Gasteiger partial charge in [0.2, 0.25) is 5.88 Å². The molecule has 1 N–H and O–H groups in total. The van der Waals surface area contributed by atoms with Crippen molar-refractivity contribution in [1.82, 2.24) is 10.3 Å². The molecule has 0 aliphatic heterocycles. The summed E-state index contributed by atoms with van der Waals surface area (Å²) >= 11 is 0. The second kappa shape index (κ2) is 7.65. The predicted molar refractivity (Wildman–Crippen MR) is 82.0 cm³/mol. The van der Waals surface area contributed by atoms with Crippen LogP contribution >= 0.6 is 0 Å². The largest absolute Gasteiger partial charge is 0.481 e. The van der Waals surface area contributed by atoms with Gasteiger partial charge in [0, 0.05) is 12.6 Å². The lowest BCUT2D eigenvalue weighted by Crippen LogP contribution is -2.17. The second-order valence-electron chi connectivity index (χ2n) is 4.95.